The lowest BCUT2D eigenvalue weighted by atomic mass is 9.74. The van der Waals surface area contributed by atoms with Crippen molar-refractivity contribution < 1.29 is 9.53 Å². The summed E-state index contributed by atoms with van der Waals surface area (Å²) in [7, 11) is 1.64. The number of amides is 1. The molecule has 0 saturated heterocycles. The highest BCUT2D eigenvalue weighted by Crippen LogP contribution is 2.41. The van der Waals surface area contributed by atoms with Crippen LogP contribution in [-0.2, 0) is 17.6 Å². The molecule has 3 aromatic rings. The molecule has 156 valence electrons. The van der Waals surface area contributed by atoms with E-state index in [1.165, 1.54) is 11.3 Å². The van der Waals surface area contributed by atoms with E-state index in [0.29, 0.717) is 6.42 Å². The Morgan fingerprint density at radius 1 is 1.17 bits per heavy atom. The van der Waals surface area contributed by atoms with Crippen molar-refractivity contribution in [3.05, 3.63) is 77.1 Å². The van der Waals surface area contributed by atoms with Gasteiger partial charge < -0.3 is 10.1 Å². The van der Waals surface area contributed by atoms with Crippen LogP contribution in [0.15, 0.2) is 54.7 Å². The van der Waals surface area contributed by atoms with Crippen molar-refractivity contribution in [3.63, 3.8) is 0 Å². The number of nitrogens with zero attached hydrogens (tertiary/aromatic N) is 2. The second kappa shape index (κ2) is 7.98. The summed E-state index contributed by atoms with van der Waals surface area (Å²) in [5.41, 5.74) is 5.64. The van der Waals surface area contributed by atoms with Crippen LogP contribution in [0.3, 0.4) is 0 Å². The van der Waals surface area contributed by atoms with Crippen LogP contribution in [0.4, 0.5) is 0 Å². The van der Waals surface area contributed by atoms with Crippen molar-refractivity contribution in [2.24, 2.45) is 5.41 Å². The van der Waals surface area contributed by atoms with Crippen LogP contribution in [0.5, 0.6) is 5.75 Å². The SMILES string of the molecule is COc1ccc(CC(=O)N[C@H]2CC(C)(C)Cc3c2cnn3-c2ccc(C)cc2)cc1. The summed E-state index contributed by atoms with van der Waals surface area (Å²) in [5.74, 6) is 0.818. The van der Waals surface area contributed by atoms with Crippen LogP contribution < -0.4 is 10.1 Å². The summed E-state index contributed by atoms with van der Waals surface area (Å²) >= 11 is 0. The molecule has 0 radical (unpaired) electrons. The van der Waals surface area contributed by atoms with Gasteiger partial charge in [-0.25, -0.2) is 4.68 Å². The van der Waals surface area contributed by atoms with Crippen molar-refractivity contribution in [1.29, 1.82) is 0 Å². The number of nitrogens with one attached hydrogen (secondary N) is 1. The highest BCUT2D eigenvalue weighted by atomic mass is 16.5. The van der Waals surface area contributed by atoms with Crippen molar-refractivity contribution in [3.8, 4) is 11.4 Å². The predicted octanol–water partition coefficient (Wildman–Crippen LogP) is 4.56. The van der Waals surface area contributed by atoms with Gasteiger partial charge >= 0.3 is 0 Å². The van der Waals surface area contributed by atoms with E-state index in [0.717, 1.165) is 35.4 Å². The van der Waals surface area contributed by atoms with Gasteiger partial charge in [-0.1, -0.05) is 43.7 Å². The standard InChI is InChI=1S/C25H29N3O2/c1-17-5-9-19(10-6-17)28-23-15-25(2,3)14-22(21(23)16-26-28)27-24(29)13-18-7-11-20(30-4)12-8-18/h5-12,16,22H,13-15H2,1-4H3,(H,27,29)/t22-/m0/s1. The zero-order valence-corrected chi connectivity index (χ0v) is 18.1. The van der Waals surface area contributed by atoms with Crippen LogP contribution >= 0.6 is 0 Å². The molecule has 1 aromatic heterocycles. The average Bonchev–Trinajstić information content (AvgIpc) is 3.12. The molecule has 0 fully saturated rings. The molecule has 1 amide bonds. The summed E-state index contributed by atoms with van der Waals surface area (Å²) in [6.07, 6.45) is 4.10. The van der Waals surface area contributed by atoms with Crippen LogP contribution in [0.25, 0.3) is 5.69 Å². The highest BCUT2D eigenvalue weighted by Gasteiger charge is 2.36. The second-order valence-electron chi connectivity index (χ2n) is 8.98. The highest BCUT2D eigenvalue weighted by molar-refractivity contribution is 5.79. The topological polar surface area (TPSA) is 56.1 Å². The molecule has 1 aliphatic carbocycles. The lowest BCUT2D eigenvalue weighted by molar-refractivity contribution is -0.121. The first-order chi connectivity index (χ1) is 14.3. The number of hydrogen-bond donors (Lipinski definition) is 1. The minimum absolute atomic E-state index is 0.0249. The molecule has 0 bridgehead atoms. The fourth-order valence-electron chi connectivity index (χ4n) is 4.25. The molecular weight excluding hydrogens is 374 g/mol. The molecule has 4 rings (SSSR count). The second-order valence-corrected chi connectivity index (χ2v) is 8.98. The first-order valence-electron chi connectivity index (χ1n) is 10.4. The molecule has 1 aliphatic rings. The third-order valence-electron chi connectivity index (χ3n) is 5.82. The van der Waals surface area contributed by atoms with E-state index in [-0.39, 0.29) is 17.4 Å². The molecule has 1 heterocycles. The molecule has 1 atom stereocenters. The van der Waals surface area contributed by atoms with Gasteiger partial charge in [0.1, 0.15) is 5.75 Å². The average molecular weight is 404 g/mol. The van der Waals surface area contributed by atoms with Crippen molar-refractivity contribution >= 4 is 5.91 Å². The molecule has 1 N–H and O–H groups in total. The first kappa shape index (κ1) is 20.2. The van der Waals surface area contributed by atoms with Gasteiger partial charge in [0.05, 0.1) is 37.2 Å². The smallest absolute Gasteiger partial charge is 0.224 e. The van der Waals surface area contributed by atoms with Crippen LogP contribution in [0.2, 0.25) is 0 Å². The van der Waals surface area contributed by atoms with Gasteiger partial charge in [0.15, 0.2) is 0 Å². The Morgan fingerprint density at radius 2 is 1.87 bits per heavy atom. The third kappa shape index (κ3) is 4.25. The molecule has 2 aromatic carbocycles. The fraction of sp³-hybridized carbons (Fsp3) is 0.360. The number of carbonyl (C=O) groups excluding carboxylic acids is 1. The zero-order valence-electron chi connectivity index (χ0n) is 18.1. The number of carbonyl (C=O) groups is 1. The van der Waals surface area contributed by atoms with E-state index in [2.05, 4.69) is 55.5 Å². The van der Waals surface area contributed by atoms with E-state index in [4.69, 9.17) is 4.74 Å². The molecule has 0 spiro atoms. The third-order valence-corrected chi connectivity index (χ3v) is 5.82. The Kier molecular flexibility index (Phi) is 5.37. The van der Waals surface area contributed by atoms with Gasteiger partial charge in [0.2, 0.25) is 5.91 Å². The van der Waals surface area contributed by atoms with E-state index >= 15 is 0 Å². The summed E-state index contributed by atoms with van der Waals surface area (Å²) < 4.78 is 7.22. The van der Waals surface area contributed by atoms with Crippen LogP contribution in [0, 0.1) is 12.3 Å². The Morgan fingerprint density at radius 3 is 2.53 bits per heavy atom. The minimum atomic E-state index is -0.0336. The Bertz CT molecular complexity index is 1030. The van der Waals surface area contributed by atoms with Gasteiger partial charge in [-0.15, -0.1) is 0 Å². The van der Waals surface area contributed by atoms with E-state index in [9.17, 15) is 4.79 Å². The largest absolute Gasteiger partial charge is 0.497 e. The molecule has 5 nitrogen and oxygen atoms in total. The Hall–Kier alpha value is -3.08. The van der Waals surface area contributed by atoms with Gasteiger partial charge in [-0.2, -0.15) is 5.10 Å². The fourth-order valence-corrected chi connectivity index (χ4v) is 4.25. The van der Waals surface area contributed by atoms with Gasteiger partial charge in [-0.3, -0.25) is 4.79 Å². The normalized spacial score (nSPS) is 17.3. The predicted molar refractivity (Wildman–Crippen MR) is 118 cm³/mol. The monoisotopic (exact) mass is 403 g/mol. The molecule has 0 saturated carbocycles. The Labute approximate surface area is 178 Å². The summed E-state index contributed by atoms with van der Waals surface area (Å²) in [6, 6.07) is 16.0. The van der Waals surface area contributed by atoms with E-state index in [1.54, 1.807) is 7.11 Å². The number of rotatable bonds is 5. The quantitative estimate of drug-likeness (QED) is 0.679. The lowest BCUT2D eigenvalue weighted by Crippen LogP contribution is -2.37. The van der Waals surface area contributed by atoms with Crippen molar-refractivity contribution in [2.45, 2.75) is 46.1 Å². The number of benzene rings is 2. The summed E-state index contributed by atoms with van der Waals surface area (Å²) in [6.45, 7) is 6.59. The molecule has 5 heteroatoms. The minimum Gasteiger partial charge on any atom is -0.497 e. The number of aryl methyl sites for hydroxylation is 1. The number of ether oxygens (including phenoxy) is 1. The van der Waals surface area contributed by atoms with Crippen LogP contribution in [0.1, 0.15) is 48.7 Å². The maximum absolute atomic E-state index is 12.8. The molecule has 0 aliphatic heterocycles. The van der Waals surface area contributed by atoms with Crippen LogP contribution in [-0.4, -0.2) is 22.8 Å². The number of aromatic nitrogens is 2. The van der Waals surface area contributed by atoms with Gasteiger partial charge in [0.25, 0.3) is 0 Å². The number of hydrogen-bond acceptors (Lipinski definition) is 3. The molecule has 0 unspecified atom stereocenters. The van der Waals surface area contributed by atoms with Crippen molar-refractivity contribution in [1.82, 2.24) is 15.1 Å². The number of methoxy groups -OCH3 is 1. The van der Waals surface area contributed by atoms with Gasteiger partial charge in [-0.05, 0) is 55.0 Å². The summed E-state index contributed by atoms with van der Waals surface area (Å²) in [5, 5.41) is 7.93. The number of fused-ring (bicyclic) bond motifs is 1. The zero-order chi connectivity index (χ0) is 21.3. The first-order valence-corrected chi connectivity index (χ1v) is 10.4. The van der Waals surface area contributed by atoms with Gasteiger partial charge in [0, 0.05) is 5.56 Å². The molecular formula is C25H29N3O2. The Balaban J connectivity index is 1.56. The molecule has 30 heavy (non-hydrogen) atoms. The lowest BCUT2D eigenvalue weighted by Gasteiger charge is -2.36. The summed E-state index contributed by atoms with van der Waals surface area (Å²) in [4.78, 5) is 12.8. The van der Waals surface area contributed by atoms with E-state index in [1.807, 2.05) is 35.1 Å². The maximum Gasteiger partial charge on any atom is 0.224 e. The van der Waals surface area contributed by atoms with E-state index < -0.39 is 0 Å². The maximum atomic E-state index is 12.8. The van der Waals surface area contributed by atoms with Crippen molar-refractivity contribution in [2.75, 3.05) is 7.11 Å².